The van der Waals surface area contributed by atoms with Gasteiger partial charge in [0.25, 0.3) is 5.91 Å². The van der Waals surface area contributed by atoms with Crippen molar-refractivity contribution in [3.05, 3.63) is 37.4 Å². The number of ether oxygens (including phenoxy) is 1. The Morgan fingerprint density at radius 2 is 1.93 bits per heavy atom. The van der Waals surface area contributed by atoms with E-state index < -0.39 is 0 Å². The third kappa shape index (κ3) is 4.96. The molecule has 0 fully saturated rings. The van der Waals surface area contributed by atoms with E-state index in [4.69, 9.17) is 17.0 Å². The number of aryl methyl sites for hydroxylation is 2. The first-order valence-electron chi connectivity index (χ1n) is 9.66. The van der Waals surface area contributed by atoms with Crippen LogP contribution in [0.1, 0.15) is 67.8 Å². The minimum Gasteiger partial charge on any atom is -0.462 e. The Morgan fingerprint density at radius 1 is 1.17 bits per heavy atom. The lowest BCUT2D eigenvalue weighted by Crippen LogP contribution is -2.43. The third-order valence-corrected chi connectivity index (χ3v) is 7.37. The van der Waals surface area contributed by atoms with E-state index in [1.165, 1.54) is 22.6 Å². The second-order valence-electron chi connectivity index (χ2n) is 6.85. The predicted molar refractivity (Wildman–Crippen MR) is 122 cm³/mol. The number of anilines is 1. The summed E-state index contributed by atoms with van der Waals surface area (Å²) in [5, 5.41) is 5.80. The third-order valence-electron chi connectivity index (χ3n) is 4.95. The molecule has 1 aliphatic rings. The number of esters is 1. The summed E-state index contributed by atoms with van der Waals surface area (Å²) in [5.41, 5.74) is 8.59. The summed E-state index contributed by atoms with van der Waals surface area (Å²) in [5.74, 6) is -0.575. The van der Waals surface area contributed by atoms with Crippen LogP contribution in [0.2, 0.25) is 0 Å². The van der Waals surface area contributed by atoms with Crippen LogP contribution in [0.5, 0.6) is 0 Å². The normalized spacial score (nSPS) is 13.2. The molecule has 9 heteroatoms. The van der Waals surface area contributed by atoms with E-state index in [0.717, 1.165) is 41.7 Å². The molecule has 156 valence electrons. The van der Waals surface area contributed by atoms with Crippen LogP contribution >= 0.6 is 34.9 Å². The number of thiocarbonyl (C=S) groups is 1. The fourth-order valence-corrected chi connectivity index (χ4v) is 5.67. The summed E-state index contributed by atoms with van der Waals surface area (Å²) < 4.78 is 5.28. The molecule has 2 aromatic rings. The van der Waals surface area contributed by atoms with Gasteiger partial charge >= 0.3 is 5.97 Å². The van der Waals surface area contributed by atoms with Gasteiger partial charge in [0.15, 0.2) is 5.11 Å². The lowest BCUT2D eigenvalue weighted by molar-refractivity contribution is 0.0526. The van der Waals surface area contributed by atoms with Crippen molar-refractivity contribution in [1.82, 2.24) is 10.9 Å². The summed E-state index contributed by atoms with van der Waals surface area (Å²) in [6, 6.07) is 0. The average molecular weight is 452 g/mol. The van der Waals surface area contributed by atoms with Crippen molar-refractivity contribution in [3.8, 4) is 0 Å². The van der Waals surface area contributed by atoms with Crippen LogP contribution in [0, 0.1) is 13.8 Å². The van der Waals surface area contributed by atoms with Crippen LogP contribution in [0.4, 0.5) is 5.00 Å². The second-order valence-corrected chi connectivity index (χ2v) is 9.45. The van der Waals surface area contributed by atoms with E-state index in [0.29, 0.717) is 22.7 Å². The second kappa shape index (κ2) is 9.69. The van der Waals surface area contributed by atoms with Gasteiger partial charge in [-0.3, -0.25) is 15.6 Å². The molecule has 0 atom stereocenters. The molecular formula is C20H25N3O3S3. The minimum absolute atomic E-state index is 0.227. The average Bonchev–Trinajstić information content (AvgIpc) is 3.10. The molecular weight excluding hydrogens is 426 g/mol. The first-order valence-corrected chi connectivity index (χ1v) is 11.8. The van der Waals surface area contributed by atoms with Crippen molar-refractivity contribution in [1.29, 1.82) is 0 Å². The van der Waals surface area contributed by atoms with Gasteiger partial charge in [-0.15, -0.1) is 22.7 Å². The Kier molecular flexibility index (Phi) is 7.26. The summed E-state index contributed by atoms with van der Waals surface area (Å²) in [7, 11) is 0. The van der Waals surface area contributed by atoms with E-state index >= 15 is 0 Å². The number of rotatable bonds is 4. The number of fused-ring (bicyclic) bond motifs is 1. The van der Waals surface area contributed by atoms with Crippen LogP contribution < -0.4 is 16.2 Å². The van der Waals surface area contributed by atoms with Crippen LogP contribution in [-0.2, 0) is 17.6 Å². The first kappa shape index (κ1) is 21.7. The number of hydrazine groups is 1. The van der Waals surface area contributed by atoms with Crippen molar-refractivity contribution < 1.29 is 14.3 Å². The van der Waals surface area contributed by atoms with E-state index in [1.807, 2.05) is 19.2 Å². The molecule has 0 unspecified atom stereocenters. The molecule has 6 nitrogen and oxygen atoms in total. The monoisotopic (exact) mass is 451 g/mol. The molecule has 0 spiro atoms. The van der Waals surface area contributed by atoms with Crippen molar-refractivity contribution >= 4 is 56.9 Å². The maximum Gasteiger partial charge on any atom is 0.341 e. The van der Waals surface area contributed by atoms with Gasteiger partial charge in [0, 0.05) is 15.1 Å². The Balaban J connectivity index is 1.71. The summed E-state index contributed by atoms with van der Waals surface area (Å²) >= 11 is 8.42. The number of hydrogen-bond acceptors (Lipinski definition) is 6. The molecule has 0 saturated carbocycles. The number of amides is 1. The smallest absolute Gasteiger partial charge is 0.341 e. The number of thiophene rings is 2. The number of carbonyl (C=O) groups excluding carboxylic acids is 2. The zero-order chi connectivity index (χ0) is 21.0. The molecule has 2 aromatic heterocycles. The zero-order valence-electron chi connectivity index (χ0n) is 16.8. The fraction of sp³-hybridized carbons (Fsp3) is 0.450. The first-order chi connectivity index (χ1) is 13.9. The summed E-state index contributed by atoms with van der Waals surface area (Å²) in [4.78, 5) is 27.3. The van der Waals surface area contributed by atoms with Crippen molar-refractivity contribution in [2.24, 2.45) is 0 Å². The standard InChI is InChI=1S/C20H25N3O3S3/c1-4-26-19(25)16-13-8-6-5-7-9-15(13)29-18(16)21-20(27)23-22-17(24)14-10-28-12(3)11(14)2/h10H,4-9H2,1-3H3,(H,22,24)(H2,21,23,27). The Labute approximate surface area is 184 Å². The van der Waals surface area contributed by atoms with Gasteiger partial charge in [0.05, 0.1) is 17.7 Å². The molecule has 0 aromatic carbocycles. The number of carbonyl (C=O) groups is 2. The largest absolute Gasteiger partial charge is 0.462 e. The minimum atomic E-state index is -0.328. The lowest BCUT2D eigenvalue weighted by atomic mass is 10.1. The maximum absolute atomic E-state index is 12.6. The molecule has 3 rings (SSSR count). The fourth-order valence-electron chi connectivity index (χ4n) is 3.30. The number of nitrogens with one attached hydrogen (secondary N) is 3. The van der Waals surface area contributed by atoms with Crippen LogP contribution in [0.25, 0.3) is 0 Å². The molecule has 1 amide bonds. The highest BCUT2D eigenvalue weighted by molar-refractivity contribution is 7.80. The lowest BCUT2D eigenvalue weighted by Gasteiger charge is -2.12. The molecule has 29 heavy (non-hydrogen) atoms. The number of hydrogen-bond donors (Lipinski definition) is 3. The van der Waals surface area contributed by atoms with E-state index in [1.54, 1.807) is 18.3 Å². The maximum atomic E-state index is 12.6. The van der Waals surface area contributed by atoms with Gasteiger partial charge in [0.1, 0.15) is 5.00 Å². The topological polar surface area (TPSA) is 79.5 Å². The van der Waals surface area contributed by atoms with Crippen LogP contribution in [-0.4, -0.2) is 23.6 Å². The van der Waals surface area contributed by atoms with Crippen molar-refractivity contribution in [2.75, 3.05) is 11.9 Å². The van der Waals surface area contributed by atoms with Crippen LogP contribution in [0.15, 0.2) is 5.38 Å². The molecule has 3 N–H and O–H groups in total. The van der Waals surface area contributed by atoms with Gasteiger partial charge in [-0.1, -0.05) is 6.42 Å². The van der Waals surface area contributed by atoms with Gasteiger partial charge in [-0.2, -0.15) is 0 Å². The van der Waals surface area contributed by atoms with Gasteiger partial charge in [0.2, 0.25) is 0 Å². The van der Waals surface area contributed by atoms with Crippen molar-refractivity contribution in [3.63, 3.8) is 0 Å². The van der Waals surface area contributed by atoms with Crippen molar-refractivity contribution in [2.45, 2.75) is 52.9 Å². The van der Waals surface area contributed by atoms with Crippen LogP contribution in [0.3, 0.4) is 0 Å². The highest BCUT2D eigenvalue weighted by Gasteiger charge is 2.26. The highest BCUT2D eigenvalue weighted by Crippen LogP contribution is 2.38. The molecule has 0 bridgehead atoms. The van der Waals surface area contributed by atoms with Gasteiger partial charge in [-0.05, 0) is 69.8 Å². The molecule has 0 saturated heterocycles. The molecule has 0 aliphatic heterocycles. The SMILES string of the molecule is CCOC(=O)c1c(NC(=S)NNC(=O)c2csc(C)c2C)sc2c1CCCCC2. The highest BCUT2D eigenvalue weighted by atomic mass is 32.1. The summed E-state index contributed by atoms with van der Waals surface area (Å²) in [6.45, 7) is 6.02. The molecule has 2 heterocycles. The van der Waals surface area contributed by atoms with Gasteiger partial charge in [-0.25, -0.2) is 4.79 Å². The van der Waals surface area contributed by atoms with E-state index in [9.17, 15) is 9.59 Å². The van der Waals surface area contributed by atoms with Gasteiger partial charge < -0.3 is 10.1 Å². The predicted octanol–water partition coefficient (Wildman–Crippen LogP) is 4.50. The Bertz CT molecular complexity index is 933. The Hall–Kier alpha value is -1.97. The molecule has 0 radical (unpaired) electrons. The Morgan fingerprint density at radius 3 is 2.62 bits per heavy atom. The van der Waals surface area contributed by atoms with E-state index in [-0.39, 0.29) is 17.0 Å². The summed E-state index contributed by atoms with van der Waals surface area (Å²) in [6.07, 6.45) is 5.18. The molecule has 1 aliphatic carbocycles. The van der Waals surface area contributed by atoms with E-state index in [2.05, 4.69) is 16.2 Å². The zero-order valence-corrected chi connectivity index (χ0v) is 19.2. The quantitative estimate of drug-likeness (QED) is 0.275.